The Hall–Kier alpha value is -2.63. The molecule has 0 radical (unpaired) electrons. The number of aromatic nitrogens is 2. The molecule has 4 saturated carbocycles. The van der Waals surface area contributed by atoms with Gasteiger partial charge < -0.3 is 15.2 Å². The van der Waals surface area contributed by atoms with Gasteiger partial charge in [-0.2, -0.15) is 0 Å². The molecule has 2 amide bonds. The lowest BCUT2D eigenvalue weighted by atomic mass is 9.49. The largest absolute Gasteiger partial charge is 0.347 e. The van der Waals surface area contributed by atoms with Crippen molar-refractivity contribution in [2.75, 3.05) is 6.54 Å². The van der Waals surface area contributed by atoms with E-state index in [4.69, 9.17) is 0 Å². The first kappa shape index (κ1) is 19.3. The van der Waals surface area contributed by atoms with Gasteiger partial charge in [0.2, 0.25) is 11.8 Å². The Bertz CT molecular complexity index is 900. The van der Waals surface area contributed by atoms with Crippen molar-refractivity contribution in [3.63, 3.8) is 0 Å². The third kappa shape index (κ3) is 3.53. The number of carbonyl (C=O) groups excluding carboxylic acids is 2. The molecule has 0 unspecified atom stereocenters. The summed E-state index contributed by atoms with van der Waals surface area (Å²) in [6.07, 6.45) is 10.5. The van der Waals surface area contributed by atoms with Gasteiger partial charge in [-0.05, 0) is 61.8 Å². The highest BCUT2D eigenvalue weighted by Crippen LogP contribution is 2.60. The van der Waals surface area contributed by atoms with E-state index in [0.717, 1.165) is 30.7 Å². The molecular weight excluding hydrogens is 376 g/mol. The molecule has 1 aromatic carbocycles. The second-order valence-electron chi connectivity index (χ2n) is 9.69. The summed E-state index contributed by atoms with van der Waals surface area (Å²) in [5.74, 6) is 2.79. The van der Waals surface area contributed by atoms with Crippen LogP contribution in [-0.4, -0.2) is 27.9 Å². The van der Waals surface area contributed by atoms with Crippen LogP contribution in [0.15, 0.2) is 42.7 Å². The van der Waals surface area contributed by atoms with Crippen molar-refractivity contribution in [3.05, 3.63) is 54.1 Å². The fourth-order valence-corrected chi connectivity index (χ4v) is 6.55. The van der Waals surface area contributed by atoms with Crippen LogP contribution in [0.25, 0.3) is 0 Å². The van der Waals surface area contributed by atoms with Crippen LogP contribution in [-0.2, 0) is 16.6 Å². The Balaban J connectivity index is 1.25. The number of aryl methyl sites for hydroxylation is 1. The van der Waals surface area contributed by atoms with Crippen molar-refractivity contribution in [2.45, 2.75) is 44.6 Å². The van der Waals surface area contributed by atoms with Gasteiger partial charge in [0.15, 0.2) is 0 Å². The lowest BCUT2D eigenvalue weighted by Crippen LogP contribution is -2.54. The predicted molar refractivity (Wildman–Crippen MR) is 113 cm³/mol. The summed E-state index contributed by atoms with van der Waals surface area (Å²) in [5.41, 5.74) is 0.737. The van der Waals surface area contributed by atoms with Crippen LogP contribution < -0.4 is 10.6 Å². The molecular formula is C24H30N4O2. The van der Waals surface area contributed by atoms with Gasteiger partial charge in [-0.15, -0.1) is 0 Å². The van der Waals surface area contributed by atoms with Gasteiger partial charge in [0.05, 0.1) is 6.54 Å². The van der Waals surface area contributed by atoms with E-state index in [1.807, 2.05) is 48.1 Å². The molecule has 4 fully saturated rings. The van der Waals surface area contributed by atoms with E-state index in [-0.39, 0.29) is 29.8 Å². The van der Waals surface area contributed by atoms with Gasteiger partial charge in [0, 0.05) is 24.9 Å². The quantitative estimate of drug-likeness (QED) is 0.774. The first-order chi connectivity index (χ1) is 14.5. The van der Waals surface area contributed by atoms with Crippen molar-refractivity contribution in [1.29, 1.82) is 0 Å². The number of nitrogens with zero attached hydrogens (tertiary/aromatic N) is 2. The maximum Gasteiger partial charge on any atom is 0.240 e. The van der Waals surface area contributed by atoms with Crippen LogP contribution in [0.5, 0.6) is 0 Å². The third-order valence-corrected chi connectivity index (χ3v) is 7.48. The summed E-state index contributed by atoms with van der Waals surface area (Å²) >= 11 is 0. The minimum atomic E-state index is -0.352. The Labute approximate surface area is 177 Å². The zero-order valence-electron chi connectivity index (χ0n) is 17.5. The summed E-state index contributed by atoms with van der Waals surface area (Å²) < 4.78 is 1.91. The van der Waals surface area contributed by atoms with Gasteiger partial charge in [-0.25, -0.2) is 4.98 Å². The number of nitrogens with one attached hydrogen (secondary N) is 2. The molecule has 1 aromatic heterocycles. The van der Waals surface area contributed by atoms with Crippen molar-refractivity contribution in [3.8, 4) is 0 Å². The van der Waals surface area contributed by atoms with Crippen molar-refractivity contribution in [1.82, 2.24) is 20.2 Å². The van der Waals surface area contributed by atoms with Crippen LogP contribution in [0, 0.1) is 23.2 Å². The molecule has 4 aliphatic rings. The highest BCUT2D eigenvalue weighted by atomic mass is 16.2. The van der Waals surface area contributed by atoms with E-state index < -0.39 is 0 Å². The van der Waals surface area contributed by atoms with Crippen molar-refractivity contribution < 1.29 is 9.59 Å². The lowest BCUT2D eigenvalue weighted by Gasteiger charge is -2.55. The number of benzene rings is 1. The average Bonchev–Trinajstić information content (AvgIpc) is 3.15. The van der Waals surface area contributed by atoms with Crippen molar-refractivity contribution in [2.24, 2.45) is 30.2 Å². The fraction of sp³-hybridized carbons (Fsp3) is 0.542. The standard InChI is InChI=1S/C24H30N4O2/c1-28-8-7-25-22(28)21(19-5-3-2-4-6-19)27-20(29)15-26-23(30)24-12-16-9-17(13-24)11-18(10-16)14-24/h2-8,16-18,21H,9-15H2,1H3,(H,26,30)(H,27,29)/t16?,17?,18?,21-,24?/m0/s1. The topological polar surface area (TPSA) is 76.0 Å². The average molecular weight is 407 g/mol. The molecule has 158 valence electrons. The first-order valence-electron chi connectivity index (χ1n) is 11.1. The SMILES string of the molecule is Cn1ccnc1[C@@H](NC(=O)CNC(=O)C12CC3CC(CC(C3)C1)C2)c1ccccc1. The first-order valence-corrected chi connectivity index (χ1v) is 11.1. The molecule has 2 aromatic rings. The van der Waals surface area contributed by atoms with Crippen molar-refractivity contribution >= 4 is 11.8 Å². The molecule has 4 aliphatic carbocycles. The number of amides is 2. The molecule has 6 nitrogen and oxygen atoms in total. The molecule has 0 saturated heterocycles. The molecule has 2 N–H and O–H groups in total. The summed E-state index contributed by atoms with van der Waals surface area (Å²) in [5, 5.41) is 6.05. The Morgan fingerprint density at radius 3 is 2.30 bits per heavy atom. The van der Waals surface area contributed by atoms with Crippen LogP contribution in [0.2, 0.25) is 0 Å². The predicted octanol–water partition coefficient (Wildman–Crippen LogP) is 2.96. The van der Waals surface area contributed by atoms with Gasteiger partial charge in [-0.3, -0.25) is 9.59 Å². The zero-order valence-corrected chi connectivity index (χ0v) is 17.5. The molecule has 1 heterocycles. The number of carbonyl (C=O) groups is 2. The van der Waals surface area contributed by atoms with Crippen LogP contribution in [0.4, 0.5) is 0 Å². The Morgan fingerprint density at radius 2 is 1.73 bits per heavy atom. The lowest BCUT2D eigenvalue weighted by molar-refractivity contribution is -0.147. The number of rotatable bonds is 6. The summed E-state index contributed by atoms with van der Waals surface area (Å²) in [4.78, 5) is 30.4. The Kier molecular flexibility index (Phi) is 4.88. The second kappa shape index (κ2) is 7.56. The molecule has 0 spiro atoms. The van der Waals surface area contributed by atoms with E-state index >= 15 is 0 Å². The maximum absolute atomic E-state index is 13.1. The normalized spacial score (nSPS) is 30.1. The van der Waals surface area contributed by atoms with E-state index in [2.05, 4.69) is 15.6 Å². The zero-order chi connectivity index (χ0) is 20.7. The van der Waals surface area contributed by atoms with E-state index in [1.165, 1.54) is 19.3 Å². The van der Waals surface area contributed by atoms with E-state index in [9.17, 15) is 9.59 Å². The highest BCUT2D eigenvalue weighted by molar-refractivity contribution is 5.88. The summed E-state index contributed by atoms with van der Waals surface area (Å²) in [7, 11) is 1.92. The smallest absolute Gasteiger partial charge is 0.240 e. The monoisotopic (exact) mass is 406 g/mol. The van der Waals surface area contributed by atoms with E-state index in [1.54, 1.807) is 6.20 Å². The Morgan fingerprint density at radius 1 is 1.10 bits per heavy atom. The number of imidazole rings is 1. The minimum Gasteiger partial charge on any atom is -0.347 e. The molecule has 30 heavy (non-hydrogen) atoms. The van der Waals surface area contributed by atoms with Gasteiger partial charge >= 0.3 is 0 Å². The van der Waals surface area contributed by atoms with Gasteiger partial charge in [0.25, 0.3) is 0 Å². The van der Waals surface area contributed by atoms with Gasteiger partial charge in [0.1, 0.15) is 11.9 Å². The molecule has 1 atom stereocenters. The van der Waals surface area contributed by atoms with E-state index in [0.29, 0.717) is 17.8 Å². The van der Waals surface area contributed by atoms with Crippen LogP contribution in [0.3, 0.4) is 0 Å². The second-order valence-corrected chi connectivity index (χ2v) is 9.69. The van der Waals surface area contributed by atoms with Crippen LogP contribution >= 0.6 is 0 Å². The summed E-state index contributed by atoms with van der Waals surface area (Å²) in [6, 6.07) is 9.46. The molecule has 0 aliphatic heterocycles. The summed E-state index contributed by atoms with van der Waals surface area (Å²) in [6.45, 7) is 0.00827. The maximum atomic E-state index is 13.1. The minimum absolute atomic E-state index is 0.00827. The van der Waals surface area contributed by atoms with Crippen LogP contribution in [0.1, 0.15) is 56.0 Å². The molecule has 6 heteroatoms. The highest BCUT2D eigenvalue weighted by Gasteiger charge is 2.54. The van der Waals surface area contributed by atoms with Gasteiger partial charge in [-0.1, -0.05) is 30.3 Å². The molecule has 6 rings (SSSR count). The third-order valence-electron chi connectivity index (χ3n) is 7.48. The number of hydrogen-bond donors (Lipinski definition) is 2. The molecule has 4 bridgehead atoms. The fourth-order valence-electron chi connectivity index (χ4n) is 6.55. The number of hydrogen-bond acceptors (Lipinski definition) is 3.